The Labute approximate surface area is 98.5 Å². The molecule has 0 saturated carbocycles. The van der Waals surface area contributed by atoms with Crippen molar-refractivity contribution in [2.24, 2.45) is 5.92 Å². The van der Waals surface area contributed by atoms with Crippen LogP contribution in [0.4, 0.5) is 0 Å². The molecule has 1 unspecified atom stereocenters. The Morgan fingerprint density at radius 3 is 2.69 bits per heavy atom. The smallest absolute Gasteiger partial charge is 0.0574 e. The number of nitrogens with one attached hydrogen (secondary N) is 1. The number of pyridine rings is 1. The maximum Gasteiger partial charge on any atom is 0.0574 e. The van der Waals surface area contributed by atoms with E-state index in [4.69, 9.17) is 0 Å². The fraction of sp³-hybridized carbons (Fsp3) is 0.643. The van der Waals surface area contributed by atoms with Crippen molar-refractivity contribution in [3.05, 3.63) is 29.1 Å². The topological polar surface area (TPSA) is 24.9 Å². The van der Waals surface area contributed by atoms with Crippen molar-refractivity contribution in [2.45, 2.75) is 52.6 Å². The molecule has 2 rings (SSSR count). The molecule has 88 valence electrons. The molecule has 1 atom stereocenters. The van der Waals surface area contributed by atoms with Crippen LogP contribution in [0.5, 0.6) is 0 Å². The van der Waals surface area contributed by atoms with E-state index < -0.39 is 0 Å². The van der Waals surface area contributed by atoms with Crippen LogP contribution in [0.2, 0.25) is 0 Å². The molecule has 0 amide bonds. The van der Waals surface area contributed by atoms with Gasteiger partial charge in [0, 0.05) is 18.8 Å². The van der Waals surface area contributed by atoms with Gasteiger partial charge < -0.3 is 5.32 Å². The van der Waals surface area contributed by atoms with E-state index >= 15 is 0 Å². The SMILES string of the molecule is CC(C)c1cnc2c(c1)CC(C(C)C)NC2. The lowest BCUT2D eigenvalue weighted by Crippen LogP contribution is -2.39. The summed E-state index contributed by atoms with van der Waals surface area (Å²) in [6.07, 6.45) is 3.15. The molecule has 2 nitrogen and oxygen atoms in total. The number of hydrogen-bond donors (Lipinski definition) is 1. The highest BCUT2D eigenvalue weighted by atomic mass is 15.0. The standard InChI is InChI=1S/C14H22N2/c1-9(2)12-5-11-6-13(10(3)4)16-8-14(11)15-7-12/h5,7,9-10,13,16H,6,8H2,1-4H3. The maximum absolute atomic E-state index is 4.57. The molecule has 0 fully saturated rings. The molecule has 0 aromatic carbocycles. The predicted molar refractivity (Wildman–Crippen MR) is 67.5 cm³/mol. The molecule has 1 aromatic heterocycles. The van der Waals surface area contributed by atoms with E-state index in [1.807, 2.05) is 6.20 Å². The summed E-state index contributed by atoms with van der Waals surface area (Å²) in [5, 5.41) is 3.56. The molecular formula is C14H22N2. The van der Waals surface area contributed by atoms with Crippen LogP contribution in [0.1, 0.15) is 50.4 Å². The Hall–Kier alpha value is -0.890. The van der Waals surface area contributed by atoms with Crippen molar-refractivity contribution in [3.63, 3.8) is 0 Å². The summed E-state index contributed by atoms with van der Waals surface area (Å²) < 4.78 is 0. The van der Waals surface area contributed by atoms with E-state index in [-0.39, 0.29) is 0 Å². The molecule has 2 heterocycles. The summed E-state index contributed by atoms with van der Waals surface area (Å²) in [6.45, 7) is 9.94. The summed E-state index contributed by atoms with van der Waals surface area (Å²) in [6, 6.07) is 2.96. The first-order chi connectivity index (χ1) is 7.58. The van der Waals surface area contributed by atoms with Crippen molar-refractivity contribution in [3.8, 4) is 0 Å². The van der Waals surface area contributed by atoms with E-state index in [1.54, 1.807) is 0 Å². The second kappa shape index (κ2) is 4.54. The lowest BCUT2D eigenvalue weighted by molar-refractivity contribution is 0.373. The summed E-state index contributed by atoms with van der Waals surface area (Å²) in [4.78, 5) is 4.57. The Morgan fingerprint density at radius 2 is 2.06 bits per heavy atom. The Balaban J connectivity index is 2.25. The average Bonchev–Trinajstić information content (AvgIpc) is 2.27. The lowest BCUT2D eigenvalue weighted by atomic mass is 9.90. The zero-order valence-electron chi connectivity index (χ0n) is 10.7. The van der Waals surface area contributed by atoms with E-state index in [0.29, 0.717) is 17.9 Å². The van der Waals surface area contributed by atoms with E-state index in [2.05, 4.69) is 44.1 Å². The van der Waals surface area contributed by atoms with Gasteiger partial charge in [0.25, 0.3) is 0 Å². The normalized spacial score (nSPS) is 20.2. The number of fused-ring (bicyclic) bond motifs is 1. The predicted octanol–water partition coefficient (Wildman–Crippen LogP) is 2.88. The van der Waals surface area contributed by atoms with Gasteiger partial charge in [-0.25, -0.2) is 0 Å². The molecular weight excluding hydrogens is 196 g/mol. The molecule has 0 spiro atoms. The fourth-order valence-electron chi connectivity index (χ4n) is 2.22. The van der Waals surface area contributed by atoms with Gasteiger partial charge in [0.2, 0.25) is 0 Å². The minimum atomic E-state index is 0.574. The van der Waals surface area contributed by atoms with Crippen LogP contribution >= 0.6 is 0 Å². The molecule has 1 aliphatic rings. The van der Waals surface area contributed by atoms with Crippen molar-refractivity contribution in [1.29, 1.82) is 0 Å². The van der Waals surface area contributed by atoms with Crippen LogP contribution in [0.15, 0.2) is 12.3 Å². The van der Waals surface area contributed by atoms with Crippen molar-refractivity contribution < 1.29 is 0 Å². The van der Waals surface area contributed by atoms with Gasteiger partial charge in [-0.05, 0) is 29.4 Å². The molecule has 2 heteroatoms. The van der Waals surface area contributed by atoms with Gasteiger partial charge in [0.05, 0.1) is 5.69 Å². The van der Waals surface area contributed by atoms with Crippen LogP contribution in [-0.2, 0) is 13.0 Å². The first kappa shape index (κ1) is 11.6. The zero-order chi connectivity index (χ0) is 11.7. The van der Waals surface area contributed by atoms with E-state index in [0.717, 1.165) is 13.0 Å². The minimum Gasteiger partial charge on any atom is -0.308 e. The first-order valence-electron chi connectivity index (χ1n) is 6.29. The molecule has 1 N–H and O–H groups in total. The lowest BCUT2D eigenvalue weighted by Gasteiger charge is -2.28. The first-order valence-corrected chi connectivity index (χ1v) is 6.29. The highest BCUT2D eigenvalue weighted by molar-refractivity contribution is 5.29. The second-order valence-corrected chi connectivity index (χ2v) is 5.46. The molecule has 0 radical (unpaired) electrons. The monoisotopic (exact) mass is 218 g/mol. The third-order valence-corrected chi connectivity index (χ3v) is 3.52. The quantitative estimate of drug-likeness (QED) is 0.825. The maximum atomic E-state index is 4.57. The van der Waals surface area contributed by atoms with Crippen molar-refractivity contribution in [2.75, 3.05) is 0 Å². The molecule has 16 heavy (non-hydrogen) atoms. The van der Waals surface area contributed by atoms with Crippen LogP contribution in [-0.4, -0.2) is 11.0 Å². The van der Waals surface area contributed by atoms with Gasteiger partial charge >= 0.3 is 0 Å². The Bertz CT molecular complexity index is 369. The Morgan fingerprint density at radius 1 is 1.31 bits per heavy atom. The molecule has 0 bridgehead atoms. The van der Waals surface area contributed by atoms with Gasteiger partial charge in [0.1, 0.15) is 0 Å². The van der Waals surface area contributed by atoms with Crippen LogP contribution < -0.4 is 5.32 Å². The van der Waals surface area contributed by atoms with Crippen molar-refractivity contribution >= 4 is 0 Å². The molecule has 1 aliphatic heterocycles. The molecule has 1 aromatic rings. The van der Waals surface area contributed by atoms with Gasteiger partial charge in [-0.3, -0.25) is 4.98 Å². The largest absolute Gasteiger partial charge is 0.308 e. The zero-order valence-corrected chi connectivity index (χ0v) is 10.7. The van der Waals surface area contributed by atoms with Gasteiger partial charge in [-0.2, -0.15) is 0 Å². The Kier molecular flexibility index (Phi) is 3.29. The van der Waals surface area contributed by atoms with Crippen LogP contribution in [0.25, 0.3) is 0 Å². The third-order valence-electron chi connectivity index (χ3n) is 3.52. The molecule has 0 saturated heterocycles. The second-order valence-electron chi connectivity index (χ2n) is 5.46. The summed E-state index contributed by atoms with van der Waals surface area (Å²) >= 11 is 0. The van der Waals surface area contributed by atoms with Crippen LogP contribution in [0.3, 0.4) is 0 Å². The van der Waals surface area contributed by atoms with Crippen molar-refractivity contribution in [1.82, 2.24) is 10.3 Å². The number of aromatic nitrogens is 1. The highest BCUT2D eigenvalue weighted by Gasteiger charge is 2.21. The average molecular weight is 218 g/mol. The summed E-state index contributed by atoms with van der Waals surface area (Å²) in [5.41, 5.74) is 4.05. The number of hydrogen-bond acceptors (Lipinski definition) is 2. The summed E-state index contributed by atoms with van der Waals surface area (Å²) in [5.74, 6) is 1.26. The van der Waals surface area contributed by atoms with E-state index in [9.17, 15) is 0 Å². The van der Waals surface area contributed by atoms with Gasteiger partial charge in [-0.15, -0.1) is 0 Å². The highest BCUT2D eigenvalue weighted by Crippen LogP contribution is 2.22. The number of rotatable bonds is 2. The van der Waals surface area contributed by atoms with E-state index in [1.165, 1.54) is 16.8 Å². The summed E-state index contributed by atoms with van der Waals surface area (Å²) in [7, 11) is 0. The van der Waals surface area contributed by atoms with Gasteiger partial charge in [0.15, 0.2) is 0 Å². The third kappa shape index (κ3) is 2.27. The fourth-order valence-corrected chi connectivity index (χ4v) is 2.22. The van der Waals surface area contributed by atoms with Crippen LogP contribution in [0, 0.1) is 5.92 Å². The minimum absolute atomic E-state index is 0.574. The van der Waals surface area contributed by atoms with Gasteiger partial charge in [-0.1, -0.05) is 33.8 Å². The number of nitrogens with zero attached hydrogens (tertiary/aromatic N) is 1. The molecule has 0 aliphatic carbocycles.